The van der Waals surface area contributed by atoms with Gasteiger partial charge in [0.05, 0.1) is 4.90 Å². The predicted octanol–water partition coefficient (Wildman–Crippen LogP) is 3.00. The van der Waals surface area contributed by atoms with Crippen molar-refractivity contribution in [2.24, 2.45) is 13.0 Å². The standard InChI is InChI=1S/C23H24F2N4O3S/c1-28-15-12-26-22(28)21(19-4-2-3-5-20(19)25)27-23(30)16-10-13-29(14-11-16)33(31,32)18-8-6-17(24)7-9-18/h2-9,12,15-16,21H,10-11,13-14H2,1H3,(H,27,30)/t21-/m0/s1. The van der Waals surface area contributed by atoms with Crippen molar-refractivity contribution < 1.29 is 22.0 Å². The Balaban J connectivity index is 1.47. The van der Waals surface area contributed by atoms with E-state index in [1.165, 1.54) is 22.5 Å². The van der Waals surface area contributed by atoms with E-state index in [4.69, 9.17) is 0 Å². The number of halogens is 2. The van der Waals surface area contributed by atoms with Crippen molar-refractivity contribution in [3.63, 3.8) is 0 Å². The van der Waals surface area contributed by atoms with Gasteiger partial charge >= 0.3 is 0 Å². The maximum absolute atomic E-state index is 14.5. The minimum absolute atomic E-state index is 0.0150. The number of rotatable bonds is 6. The van der Waals surface area contributed by atoms with E-state index in [0.29, 0.717) is 24.2 Å². The van der Waals surface area contributed by atoms with Crippen LogP contribution in [0.25, 0.3) is 0 Å². The van der Waals surface area contributed by atoms with Gasteiger partial charge in [0.25, 0.3) is 0 Å². The highest BCUT2D eigenvalue weighted by Crippen LogP contribution is 2.27. The Bertz CT molecular complexity index is 1240. The van der Waals surface area contributed by atoms with Gasteiger partial charge in [-0.2, -0.15) is 4.31 Å². The number of hydrogen-bond acceptors (Lipinski definition) is 4. The van der Waals surface area contributed by atoms with Crippen LogP contribution >= 0.6 is 0 Å². The van der Waals surface area contributed by atoms with Crippen LogP contribution in [0.4, 0.5) is 8.78 Å². The number of imidazole rings is 1. The molecule has 1 atom stereocenters. The van der Waals surface area contributed by atoms with E-state index >= 15 is 0 Å². The van der Waals surface area contributed by atoms with E-state index in [1.807, 2.05) is 0 Å². The lowest BCUT2D eigenvalue weighted by molar-refractivity contribution is -0.126. The molecule has 1 aliphatic heterocycles. The summed E-state index contributed by atoms with van der Waals surface area (Å²) in [4.78, 5) is 17.4. The lowest BCUT2D eigenvalue weighted by Crippen LogP contribution is -2.44. The molecule has 0 saturated carbocycles. The third-order valence-corrected chi connectivity index (χ3v) is 7.81. The van der Waals surface area contributed by atoms with E-state index in [0.717, 1.165) is 12.1 Å². The fourth-order valence-corrected chi connectivity index (χ4v) is 5.49. The van der Waals surface area contributed by atoms with Gasteiger partial charge in [-0.1, -0.05) is 18.2 Å². The Morgan fingerprint density at radius 3 is 2.36 bits per heavy atom. The van der Waals surface area contributed by atoms with Gasteiger partial charge in [-0.25, -0.2) is 22.2 Å². The molecule has 0 unspecified atom stereocenters. The predicted molar refractivity (Wildman–Crippen MR) is 117 cm³/mol. The molecule has 0 spiro atoms. The van der Waals surface area contributed by atoms with E-state index in [-0.39, 0.29) is 23.9 Å². The summed E-state index contributed by atoms with van der Waals surface area (Å²) in [7, 11) is -2.00. The first-order valence-corrected chi connectivity index (χ1v) is 12.0. The Kier molecular flexibility index (Phi) is 6.57. The number of carbonyl (C=O) groups excluding carboxylic acids is 1. The molecule has 0 bridgehead atoms. The second kappa shape index (κ2) is 9.40. The van der Waals surface area contributed by atoms with Crippen LogP contribution in [0.5, 0.6) is 0 Å². The quantitative estimate of drug-likeness (QED) is 0.595. The highest BCUT2D eigenvalue weighted by Gasteiger charge is 2.34. The number of piperidine rings is 1. The average molecular weight is 475 g/mol. The third kappa shape index (κ3) is 4.81. The van der Waals surface area contributed by atoms with E-state index < -0.39 is 33.6 Å². The van der Waals surface area contributed by atoms with Gasteiger partial charge in [-0.3, -0.25) is 4.79 Å². The number of aryl methyl sites for hydroxylation is 1. The molecule has 1 N–H and O–H groups in total. The number of benzene rings is 2. The summed E-state index contributed by atoms with van der Waals surface area (Å²) in [6, 6.07) is 10.1. The number of nitrogens with zero attached hydrogens (tertiary/aromatic N) is 3. The molecule has 1 aliphatic rings. The molecule has 2 heterocycles. The number of amides is 1. The van der Waals surface area contributed by atoms with Crippen molar-refractivity contribution in [1.82, 2.24) is 19.2 Å². The van der Waals surface area contributed by atoms with Gasteiger partial charge < -0.3 is 9.88 Å². The minimum Gasteiger partial charge on any atom is -0.342 e. The molecule has 0 radical (unpaired) electrons. The minimum atomic E-state index is -3.77. The summed E-state index contributed by atoms with van der Waals surface area (Å²) in [6.07, 6.45) is 3.93. The van der Waals surface area contributed by atoms with Crippen molar-refractivity contribution in [2.45, 2.75) is 23.8 Å². The fraction of sp³-hybridized carbons (Fsp3) is 0.304. The Morgan fingerprint density at radius 1 is 1.09 bits per heavy atom. The van der Waals surface area contributed by atoms with Crippen LogP contribution in [0.15, 0.2) is 65.8 Å². The van der Waals surface area contributed by atoms with Crippen LogP contribution in [0.3, 0.4) is 0 Å². The molecule has 3 aromatic rings. The molecule has 1 amide bonds. The topological polar surface area (TPSA) is 84.3 Å². The zero-order valence-electron chi connectivity index (χ0n) is 18.0. The SMILES string of the molecule is Cn1ccnc1[C@@H](NC(=O)C1CCN(S(=O)(=O)c2ccc(F)cc2)CC1)c1ccccc1F. The monoisotopic (exact) mass is 474 g/mol. The second-order valence-electron chi connectivity index (χ2n) is 7.99. The van der Waals surface area contributed by atoms with E-state index in [2.05, 4.69) is 10.3 Å². The molecule has 2 aromatic carbocycles. The number of carbonyl (C=O) groups is 1. The molecule has 174 valence electrons. The van der Waals surface area contributed by atoms with E-state index in [9.17, 15) is 22.0 Å². The Labute approximate surface area is 191 Å². The Morgan fingerprint density at radius 2 is 1.76 bits per heavy atom. The lowest BCUT2D eigenvalue weighted by Gasteiger charge is -2.31. The number of aromatic nitrogens is 2. The molecule has 7 nitrogen and oxygen atoms in total. The maximum atomic E-state index is 14.5. The van der Waals surface area contributed by atoms with Crippen LogP contribution in [0.1, 0.15) is 30.3 Å². The second-order valence-corrected chi connectivity index (χ2v) is 9.93. The molecule has 0 aliphatic carbocycles. The molecule has 1 aromatic heterocycles. The average Bonchev–Trinajstić information content (AvgIpc) is 3.24. The van der Waals surface area contributed by atoms with E-state index in [1.54, 1.807) is 42.2 Å². The molecule has 4 rings (SSSR count). The molecule has 1 saturated heterocycles. The number of sulfonamides is 1. The molecule has 10 heteroatoms. The van der Waals surface area contributed by atoms with Crippen molar-refractivity contribution >= 4 is 15.9 Å². The first kappa shape index (κ1) is 23.1. The van der Waals surface area contributed by atoms with Gasteiger partial charge in [0.1, 0.15) is 23.5 Å². The molecule has 1 fully saturated rings. The summed E-state index contributed by atoms with van der Waals surface area (Å²) in [5, 5.41) is 2.91. The molecular weight excluding hydrogens is 450 g/mol. The summed E-state index contributed by atoms with van der Waals surface area (Å²) in [5.41, 5.74) is 0.302. The van der Waals surface area contributed by atoms with Crippen molar-refractivity contribution in [3.05, 3.63) is 83.9 Å². The maximum Gasteiger partial charge on any atom is 0.243 e. The summed E-state index contributed by atoms with van der Waals surface area (Å²) >= 11 is 0. The van der Waals surface area contributed by atoms with Gasteiger partial charge in [-0.15, -0.1) is 0 Å². The highest BCUT2D eigenvalue weighted by molar-refractivity contribution is 7.89. The van der Waals surface area contributed by atoms with Crippen LogP contribution in [-0.2, 0) is 21.9 Å². The Hall–Kier alpha value is -3.11. The van der Waals surface area contributed by atoms with Crippen molar-refractivity contribution in [3.8, 4) is 0 Å². The largest absolute Gasteiger partial charge is 0.342 e. The normalized spacial score (nSPS) is 16.5. The highest BCUT2D eigenvalue weighted by atomic mass is 32.2. The lowest BCUT2D eigenvalue weighted by atomic mass is 9.96. The van der Waals surface area contributed by atoms with Crippen LogP contribution in [0.2, 0.25) is 0 Å². The zero-order chi connectivity index (χ0) is 23.6. The van der Waals surface area contributed by atoms with Crippen molar-refractivity contribution in [1.29, 1.82) is 0 Å². The van der Waals surface area contributed by atoms with Gasteiger partial charge in [-0.05, 0) is 43.2 Å². The number of hydrogen-bond donors (Lipinski definition) is 1. The smallest absolute Gasteiger partial charge is 0.243 e. The molecule has 33 heavy (non-hydrogen) atoms. The first-order chi connectivity index (χ1) is 15.8. The summed E-state index contributed by atoms with van der Waals surface area (Å²) in [6.45, 7) is 0.315. The van der Waals surface area contributed by atoms with Gasteiger partial charge in [0.2, 0.25) is 15.9 Å². The molecular formula is C23H24F2N4O3S. The third-order valence-electron chi connectivity index (χ3n) is 5.90. The van der Waals surface area contributed by atoms with Crippen LogP contribution < -0.4 is 5.32 Å². The van der Waals surface area contributed by atoms with Crippen LogP contribution in [0, 0.1) is 17.6 Å². The van der Waals surface area contributed by atoms with Gasteiger partial charge in [0.15, 0.2) is 0 Å². The van der Waals surface area contributed by atoms with Crippen LogP contribution in [-0.4, -0.2) is 41.3 Å². The number of nitrogens with one attached hydrogen (secondary N) is 1. The summed E-state index contributed by atoms with van der Waals surface area (Å²) in [5.74, 6) is -1.19. The van der Waals surface area contributed by atoms with Gasteiger partial charge in [0, 0.05) is 44.0 Å². The zero-order valence-corrected chi connectivity index (χ0v) is 18.8. The first-order valence-electron chi connectivity index (χ1n) is 10.5. The fourth-order valence-electron chi connectivity index (χ4n) is 4.02. The summed E-state index contributed by atoms with van der Waals surface area (Å²) < 4.78 is 56.4. The van der Waals surface area contributed by atoms with Crippen molar-refractivity contribution in [2.75, 3.05) is 13.1 Å².